The molecule has 2 nitrogen and oxygen atoms in total. The van der Waals surface area contributed by atoms with Crippen molar-refractivity contribution in [1.82, 2.24) is 0 Å². The third-order valence-corrected chi connectivity index (χ3v) is 3.14. The van der Waals surface area contributed by atoms with Gasteiger partial charge in [-0.15, -0.1) is 0 Å². The normalized spacial score (nSPS) is 10.5. The van der Waals surface area contributed by atoms with Crippen molar-refractivity contribution in [2.45, 2.75) is 46.5 Å². The quantitative estimate of drug-likeness (QED) is 0.723. The monoisotopic (exact) mass is 234 g/mol. The van der Waals surface area contributed by atoms with Crippen LogP contribution in [0.15, 0.2) is 18.2 Å². The summed E-state index contributed by atoms with van der Waals surface area (Å²) in [5, 5.41) is 0. The van der Waals surface area contributed by atoms with Crippen molar-refractivity contribution in [2.75, 3.05) is 23.7 Å². The zero-order chi connectivity index (χ0) is 12.7. The van der Waals surface area contributed by atoms with E-state index in [1.54, 1.807) is 0 Å². The van der Waals surface area contributed by atoms with Crippen molar-refractivity contribution in [3.05, 3.63) is 23.8 Å². The molecule has 0 amide bonds. The molecule has 0 heterocycles. The van der Waals surface area contributed by atoms with Crippen molar-refractivity contribution in [2.24, 2.45) is 0 Å². The van der Waals surface area contributed by atoms with Gasteiger partial charge in [0, 0.05) is 24.5 Å². The topological polar surface area (TPSA) is 29.3 Å². The predicted molar refractivity (Wildman–Crippen MR) is 77.6 cm³/mol. The van der Waals surface area contributed by atoms with Crippen LogP contribution in [0, 0.1) is 6.92 Å². The number of anilines is 2. The van der Waals surface area contributed by atoms with Crippen LogP contribution in [0.2, 0.25) is 0 Å². The van der Waals surface area contributed by atoms with Gasteiger partial charge in [-0.1, -0.05) is 32.8 Å². The lowest BCUT2D eigenvalue weighted by molar-refractivity contribution is 0.677. The number of unbranched alkanes of at least 4 members (excludes halogenated alkanes) is 2. The molecule has 2 N–H and O–H groups in total. The summed E-state index contributed by atoms with van der Waals surface area (Å²) in [6.45, 7) is 8.93. The Balaban J connectivity index is 2.82. The van der Waals surface area contributed by atoms with E-state index < -0.39 is 0 Å². The zero-order valence-electron chi connectivity index (χ0n) is 11.5. The number of aryl methyl sites for hydroxylation is 1. The first kappa shape index (κ1) is 13.9. The molecule has 17 heavy (non-hydrogen) atoms. The lowest BCUT2D eigenvalue weighted by Crippen LogP contribution is -2.26. The molecule has 1 aromatic rings. The minimum absolute atomic E-state index is 0.864. The zero-order valence-corrected chi connectivity index (χ0v) is 11.5. The second kappa shape index (κ2) is 7.21. The Labute approximate surface area is 106 Å². The molecule has 0 bridgehead atoms. The van der Waals surface area contributed by atoms with Gasteiger partial charge in [0.1, 0.15) is 0 Å². The van der Waals surface area contributed by atoms with Gasteiger partial charge in [-0.05, 0) is 37.5 Å². The summed E-state index contributed by atoms with van der Waals surface area (Å²) < 4.78 is 0. The molecule has 0 unspecified atom stereocenters. The Morgan fingerprint density at radius 1 is 1.06 bits per heavy atom. The minimum atomic E-state index is 0.864. The molecule has 0 aliphatic heterocycles. The molecule has 0 atom stereocenters. The maximum Gasteiger partial charge on any atom is 0.0416 e. The third kappa shape index (κ3) is 4.29. The third-order valence-electron chi connectivity index (χ3n) is 3.14. The van der Waals surface area contributed by atoms with Crippen LogP contribution in [0.25, 0.3) is 0 Å². The van der Waals surface area contributed by atoms with Crippen molar-refractivity contribution in [3.63, 3.8) is 0 Å². The fourth-order valence-corrected chi connectivity index (χ4v) is 2.02. The second-order valence-corrected chi connectivity index (χ2v) is 4.74. The highest BCUT2D eigenvalue weighted by Gasteiger charge is 2.08. The van der Waals surface area contributed by atoms with E-state index in [1.807, 2.05) is 6.07 Å². The first-order valence-electron chi connectivity index (χ1n) is 6.80. The molecule has 0 aliphatic rings. The van der Waals surface area contributed by atoms with Gasteiger partial charge < -0.3 is 10.6 Å². The Morgan fingerprint density at radius 3 is 2.18 bits per heavy atom. The van der Waals surface area contributed by atoms with Gasteiger partial charge in [0.15, 0.2) is 0 Å². The van der Waals surface area contributed by atoms with E-state index in [4.69, 9.17) is 5.73 Å². The highest BCUT2D eigenvalue weighted by molar-refractivity contribution is 5.60. The summed E-state index contributed by atoms with van der Waals surface area (Å²) in [5.74, 6) is 0. The summed E-state index contributed by atoms with van der Waals surface area (Å²) in [7, 11) is 0. The Kier molecular flexibility index (Phi) is 5.88. The van der Waals surface area contributed by atoms with Gasteiger partial charge in [0.05, 0.1) is 0 Å². The molecule has 0 aromatic heterocycles. The Morgan fingerprint density at radius 2 is 1.65 bits per heavy atom. The van der Waals surface area contributed by atoms with Crippen LogP contribution in [0.3, 0.4) is 0 Å². The summed E-state index contributed by atoms with van der Waals surface area (Å²) in [4.78, 5) is 2.48. The van der Waals surface area contributed by atoms with Gasteiger partial charge in [0.2, 0.25) is 0 Å². The van der Waals surface area contributed by atoms with E-state index in [0.29, 0.717) is 0 Å². The molecule has 1 aromatic carbocycles. The summed E-state index contributed by atoms with van der Waals surface area (Å²) in [5.41, 5.74) is 9.40. The molecular formula is C15H26N2. The van der Waals surface area contributed by atoms with Crippen LogP contribution < -0.4 is 10.6 Å². The molecule has 1 rings (SSSR count). The minimum Gasteiger partial charge on any atom is -0.399 e. The number of hydrogen-bond donors (Lipinski definition) is 1. The van der Waals surface area contributed by atoms with Crippen molar-refractivity contribution < 1.29 is 0 Å². The summed E-state index contributed by atoms with van der Waals surface area (Å²) >= 11 is 0. The van der Waals surface area contributed by atoms with Gasteiger partial charge in [-0.25, -0.2) is 0 Å². The Bertz CT molecular complexity index is 326. The second-order valence-electron chi connectivity index (χ2n) is 4.74. The fourth-order valence-electron chi connectivity index (χ4n) is 2.02. The van der Waals surface area contributed by atoms with Crippen LogP contribution in [0.1, 0.15) is 45.1 Å². The van der Waals surface area contributed by atoms with Gasteiger partial charge in [-0.3, -0.25) is 0 Å². The van der Waals surface area contributed by atoms with Crippen LogP contribution in [0.4, 0.5) is 11.4 Å². The van der Waals surface area contributed by atoms with Crippen molar-refractivity contribution in [3.8, 4) is 0 Å². The van der Waals surface area contributed by atoms with Crippen LogP contribution in [0.5, 0.6) is 0 Å². The maximum absolute atomic E-state index is 5.90. The number of nitrogens with two attached hydrogens (primary N) is 1. The van der Waals surface area contributed by atoms with E-state index in [1.165, 1.54) is 36.9 Å². The molecule has 2 heteroatoms. The van der Waals surface area contributed by atoms with E-state index in [-0.39, 0.29) is 0 Å². The average molecular weight is 234 g/mol. The van der Waals surface area contributed by atoms with Crippen LogP contribution in [-0.2, 0) is 0 Å². The van der Waals surface area contributed by atoms with E-state index in [0.717, 1.165) is 18.8 Å². The number of nitrogens with zero attached hydrogens (tertiary/aromatic N) is 1. The molecule has 0 spiro atoms. The lowest BCUT2D eigenvalue weighted by atomic mass is 10.1. The predicted octanol–water partition coefficient (Wildman–Crippen LogP) is 3.98. The van der Waals surface area contributed by atoms with Crippen molar-refractivity contribution in [1.29, 1.82) is 0 Å². The highest BCUT2D eigenvalue weighted by atomic mass is 15.1. The molecule has 0 fully saturated rings. The standard InChI is InChI=1S/C15H26N2/c1-4-6-10-17(11-7-5-2)15-12-14(16)9-8-13(15)3/h8-9,12H,4-7,10-11,16H2,1-3H3. The molecule has 0 radical (unpaired) electrons. The van der Waals surface area contributed by atoms with E-state index in [9.17, 15) is 0 Å². The lowest BCUT2D eigenvalue weighted by Gasteiger charge is -2.26. The molecule has 96 valence electrons. The number of benzene rings is 1. The van der Waals surface area contributed by atoms with E-state index >= 15 is 0 Å². The molecule has 0 saturated heterocycles. The first-order chi connectivity index (χ1) is 8.19. The SMILES string of the molecule is CCCCN(CCCC)c1cc(N)ccc1C. The number of rotatable bonds is 7. The molecule has 0 saturated carbocycles. The largest absolute Gasteiger partial charge is 0.399 e. The number of hydrogen-bond acceptors (Lipinski definition) is 2. The number of nitrogen functional groups attached to an aromatic ring is 1. The average Bonchev–Trinajstić information content (AvgIpc) is 2.33. The first-order valence-corrected chi connectivity index (χ1v) is 6.80. The van der Waals surface area contributed by atoms with Gasteiger partial charge >= 0.3 is 0 Å². The molecule has 0 aliphatic carbocycles. The highest BCUT2D eigenvalue weighted by Crippen LogP contribution is 2.23. The molecular weight excluding hydrogens is 208 g/mol. The van der Waals surface area contributed by atoms with Gasteiger partial charge in [-0.2, -0.15) is 0 Å². The smallest absolute Gasteiger partial charge is 0.0416 e. The van der Waals surface area contributed by atoms with E-state index in [2.05, 4.69) is 37.8 Å². The van der Waals surface area contributed by atoms with Crippen LogP contribution >= 0.6 is 0 Å². The summed E-state index contributed by atoms with van der Waals surface area (Å²) in [6.07, 6.45) is 4.98. The van der Waals surface area contributed by atoms with Crippen LogP contribution in [-0.4, -0.2) is 13.1 Å². The summed E-state index contributed by atoms with van der Waals surface area (Å²) in [6, 6.07) is 6.22. The Hall–Kier alpha value is -1.18. The van der Waals surface area contributed by atoms with Crippen molar-refractivity contribution >= 4 is 11.4 Å². The van der Waals surface area contributed by atoms with Gasteiger partial charge in [0.25, 0.3) is 0 Å². The fraction of sp³-hybridized carbons (Fsp3) is 0.600. The maximum atomic E-state index is 5.90.